The van der Waals surface area contributed by atoms with Crippen LogP contribution in [0.3, 0.4) is 0 Å². The summed E-state index contributed by atoms with van der Waals surface area (Å²) in [6.07, 6.45) is 1.70. The van der Waals surface area contributed by atoms with Gasteiger partial charge in [0.2, 0.25) is 0 Å². The molecule has 0 atom stereocenters. The minimum atomic E-state index is -4.63. The number of anilines is 1. The van der Waals surface area contributed by atoms with Gasteiger partial charge in [-0.15, -0.1) is 0 Å². The number of halogens is 3. The van der Waals surface area contributed by atoms with Crippen LogP contribution in [0, 0.1) is 0 Å². The molecule has 0 fully saturated rings. The molecule has 0 amide bonds. The van der Waals surface area contributed by atoms with E-state index in [9.17, 15) is 21.6 Å². The number of nitrogens with one attached hydrogen (secondary N) is 1. The van der Waals surface area contributed by atoms with Crippen molar-refractivity contribution in [3.8, 4) is 5.69 Å². The fourth-order valence-electron chi connectivity index (χ4n) is 3.40. The van der Waals surface area contributed by atoms with E-state index in [-0.39, 0.29) is 10.6 Å². The molecule has 0 aliphatic rings. The highest BCUT2D eigenvalue weighted by atomic mass is 32.2. The fraction of sp³-hybridized carbons (Fsp3) is 0.250. The molecule has 0 saturated carbocycles. The third-order valence-corrected chi connectivity index (χ3v) is 6.22. The molecule has 0 spiro atoms. The van der Waals surface area contributed by atoms with Gasteiger partial charge in [-0.05, 0) is 24.1 Å². The molecule has 3 aromatic heterocycles. The van der Waals surface area contributed by atoms with Gasteiger partial charge in [0.15, 0.2) is 0 Å². The maximum Gasteiger partial charge on any atom is 0.433 e. The number of fused-ring (bicyclic) bond motifs is 1. The summed E-state index contributed by atoms with van der Waals surface area (Å²) in [4.78, 5) is 3.11. The highest BCUT2D eigenvalue weighted by molar-refractivity contribution is 7.92. The lowest BCUT2D eigenvalue weighted by Gasteiger charge is -2.14. The van der Waals surface area contributed by atoms with E-state index in [1.165, 1.54) is 6.07 Å². The van der Waals surface area contributed by atoms with Crippen molar-refractivity contribution < 1.29 is 21.6 Å². The van der Waals surface area contributed by atoms with E-state index < -0.39 is 21.9 Å². The number of alkyl halides is 3. The first-order chi connectivity index (χ1) is 15.1. The predicted molar refractivity (Wildman–Crippen MR) is 112 cm³/mol. The van der Waals surface area contributed by atoms with Gasteiger partial charge in [-0.1, -0.05) is 25.5 Å². The maximum atomic E-state index is 13.1. The highest BCUT2D eigenvalue weighted by Gasteiger charge is 2.32. The molecule has 32 heavy (non-hydrogen) atoms. The summed E-state index contributed by atoms with van der Waals surface area (Å²) in [7, 11) is -2.36. The molecule has 8 nitrogen and oxygen atoms in total. The first kappa shape index (κ1) is 21.8. The second-order valence-corrected chi connectivity index (χ2v) is 8.86. The minimum absolute atomic E-state index is 0.0363. The van der Waals surface area contributed by atoms with Crippen LogP contribution in [-0.4, -0.2) is 33.0 Å². The third-order valence-electron chi connectivity index (χ3n) is 4.91. The van der Waals surface area contributed by atoms with Crippen molar-refractivity contribution in [2.24, 2.45) is 7.05 Å². The molecule has 4 rings (SSSR count). The molecule has 0 bridgehead atoms. The van der Waals surface area contributed by atoms with Crippen LogP contribution in [0.15, 0.2) is 53.9 Å². The van der Waals surface area contributed by atoms with Gasteiger partial charge in [0, 0.05) is 18.6 Å². The Bertz CT molecular complexity index is 1390. The first-order valence-electron chi connectivity index (χ1n) is 9.65. The summed E-state index contributed by atoms with van der Waals surface area (Å²) in [5.74, 6) is 0. The Morgan fingerprint density at radius 2 is 1.91 bits per heavy atom. The average molecular weight is 464 g/mol. The molecule has 3 heterocycles. The molecule has 0 aliphatic carbocycles. The zero-order valence-electron chi connectivity index (χ0n) is 17.1. The molecule has 0 aliphatic heterocycles. The summed E-state index contributed by atoms with van der Waals surface area (Å²) < 4.78 is 70.4. The van der Waals surface area contributed by atoms with Crippen LogP contribution in [-0.2, 0) is 29.7 Å². The molecule has 0 saturated heterocycles. The molecular formula is C20H19F3N6O2S. The van der Waals surface area contributed by atoms with Gasteiger partial charge in [-0.25, -0.2) is 13.1 Å². The topological polar surface area (TPSA) is 94.7 Å². The minimum Gasteiger partial charge on any atom is -0.277 e. The Morgan fingerprint density at radius 1 is 1.12 bits per heavy atom. The quantitative estimate of drug-likeness (QED) is 0.467. The third kappa shape index (κ3) is 4.05. The number of hydrogen-bond acceptors (Lipinski definition) is 5. The standard InChI is InChI=1S/C20H19F3N6O2S/c1-3-4-13-5-6-14-10-25-28(2)19(14)18(13)27-32(30,31)16-11-26-29(12-16)15-7-8-24-17(9-15)20(21,22)23/h5-12,27H,3-4H2,1-2H3. The van der Waals surface area contributed by atoms with Crippen LogP contribution in [0.1, 0.15) is 24.6 Å². The monoisotopic (exact) mass is 464 g/mol. The normalized spacial score (nSPS) is 12.4. The van der Waals surface area contributed by atoms with Gasteiger partial charge in [0.05, 0.1) is 35.5 Å². The zero-order chi connectivity index (χ0) is 23.1. The fourth-order valence-corrected chi connectivity index (χ4v) is 4.44. The molecule has 4 aromatic rings. The van der Waals surface area contributed by atoms with E-state index in [0.717, 1.165) is 46.7 Å². The van der Waals surface area contributed by atoms with E-state index in [4.69, 9.17) is 0 Å². The molecule has 1 N–H and O–H groups in total. The highest BCUT2D eigenvalue weighted by Crippen LogP contribution is 2.31. The summed E-state index contributed by atoms with van der Waals surface area (Å²) in [6.45, 7) is 1.99. The van der Waals surface area contributed by atoms with Crippen LogP contribution in [0.4, 0.5) is 18.9 Å². The van der Waals surface area contributed by atoms with Crippen molar-refractivity contribution in [1.29, 1.82) is 0 Å². The van der Waals surface area contributed by atoms with Crippen LogP contribution in [0.25, 0.3) is 16.6 Å². The van der Waals surface area contributed by atoms with Gasteiger partial charge in [-0.3, -0.25) is 14.4 Å². The second-order valence-electron chi connectivity index (χ2n) is 7.18. The number of benzene rings is 1. The summed E-state index contributed by atoms with van der Waals surface area (Å²) in [5.41, 5.74) is 0.800. The predicted octanol–water partition coefficient (Wildman–Crippen LogP) is 3.93. The van der Waals surface area contributed by atoms with Crippen molar-refractivity contribution in [2.75, 3.05) is 4.72 Å². The molecule has 168 valence electrons. The first-order valence-corrected chi connectivity index (χ1v) is 11.1. The lowest BCUT2D eigenvalue weighted by Crippen LogP contribution is -2.15. The number of nitrogens with zero attached hydrogens (tertiary/aromatic N) is 5. The Balaban J connectivity index is 1.72. The lowest BCUT2D eigenvalue weighted by molar-refractivity contribution is -0.141. The summed E-state index contributed by atoms with van der Waals surface area (Å²) in [6, 6.07) is 5.84. The molecule has 1 aromatic carbocycles. The second kappa shape index (κ2) is 7.93. The van der Waals surface area contributed by atoms with Gasteiger partial charge < -0.3 is 0 Å². The molecule has 12 heteroatoms. The Morgan fingerprint density at radius 3 is 2.62 bits per heavy atom. The van der Waals surface area contributed by atoms with Gasteiger partial charge in [0.25, 0.3) is 10.0 Å². The number of rotatable bonds is 6. The van der Waals surface area contributed by atoms with E-state index in [1.54, 1.807) is 17.9 Å². The lowest BCUT2D eigenvalue weighted by atomic mass is 10.1. The summed E-state index contributed by atoms with van der Waals surface area (Å²) >= 11 is 0. The van der Waals surface area contributed by atoms with E-state index in [2.05, 4.69) is 19.9 Å². The average Bonchev–Trinajstić information content (AvgIpc) is 3.37. The van der Waals surface area contributed by atoms with Crippen LogP contribution >= 0.6 is 0 Å². The molecule has 0 radical (unpaired) electrons. The Hall–Kier alpha value is -3.41. The van der Waals surface area contributed by atoms with Crippen LogP contribution < -0.4 is 4.72 Å². The Labute approximate surface area is 181 Å². The van der Waals surface area contributed by atoms with Gasteiger partial charge in [-0.2, -0.15) is 23.4 Å². The SMILES string of the molecule is CCCc1ccc2cnn(C)c2c1NS(=O)(=O)c1cnn(-c2ccnc(C(F)(F)F)c2)c1. The Kier molecular flexibility index (Phi) is 5.41. The van der Waals surface area contributed by atoms with Crippen molar-refractivity contribution in [1.82, 2.24) is 24.5 Å². The van der Waals surface area contributed by atoms with Crippen molar-refractivity contribution in [3.63, 3.8) is 0 Å². The van der Waals surface area contributed by atoms with E-state index in [1.807, 2.05) is 19.1 Å². The molecule has 0 unspecified atom stereocenters. The van der Waals surface area contributed by atoms with Crippen molar-refractivity contribution >= 4 is 26.6 Å². The summed E-state index contributed by atoms with van der Waals surface area (Å²) in [5, 5.41) is 8.91. The van der Waals surface area contributed by atoms with Crippen molar-refractivity contribution in [2.45, 2.75) is 30.8 Å². The van der Waals surface area contributed by atoms with Crippen molar-refractivity contribution in [3.05, 3.63) is 60.3 Å². The number of aromatic nitrogens is 5. The maximum absolute atomic E-state index is 13.1. The van der Waals surface area contributed by atoms with Gasteiger partial charge >= 0.3 is 6.18 Å². The van der Waals surface area contributed by atoms with Crippen LogP contribution in [0.2, 0.25) is 0 Å². The number of hydrogen-bond donors (Lipinski definition) is 1. The van der Waals surface area contributed by atoms with E-state index in [0.29, 0.717) is 17.6 Å². The van der Waals surface area contributed by atoms with Gasteiger partial charge in [0.1, 0.15) is 10.6 Å². The number of sulfonamides is 1. The molecular weight excluding hydrogens is 445 g/mol. The largest absolute Gasteiger partial charge is 0.433 e. The number of pyridine rings is 1. The van der Waals surface area contributed by atoms with Crippen LogP contribution in [0.5, 0.6) is 0 Å². The van der Waals surface area contributed by atoms with E-state index >= 15 is 0 Å². The smallest absolute Gasteiger partial charge is 0.277 e. The number of aryl methyl sites for hydroxylation is 2. The zero-order valence-corrected chi connectivity index (χ0v) is 17.9.